The Balaban J connectivity index is 1.72. The molecular weight excluding hydrogens is 443 g/mol. The number of aromatic nitrogens is 2. The van der Waals surface area contributed by atoms with Crippen LogP contribution < -0.4 is 5.73 Å². The van der Waals surface area contributed by atoms with Crippen LogP contribution in [0.25, 0.3) is 22.4 Å². The van der Waals surface area contributed by atoms with E-state index in [-0.39, 0.29) is 40.9 Å². The molecule has 8 nitrogen and oxygen atoms in total. The Bertz CT molecular complexity index is 1330. The summed E-state index contributed by atoms with van der Waals surface area (Å²) in [5.41, 5.74) is 6.71. The van der Waals surface area contributed by atoms with Gasteiger partial charge in [-0.25, -0.2) is 26.2 Å². The minimum absolute atomic E-state index is 0.00581. The van der Waals surface area contributed by atoms with Crippen molar-refractivity contribution in [2.75, 3.05) is 30.3 Å². The molecule has 0 spiro atoms. The van der Waals surface area contributed by atoms with E-state index in [4.69, 9.17) is 5.73 Å². The monoisotopic (exact) mass is 462 g/mol. The maximum atomic E-state index is 14.9. The molecule has 0 aliphatic carbocycles. The largest absolute Gasteiger partial charge is 0.382 e. The van der Waals surface area contributed by atoms with Crippen LogP contribution in [0.3, 0.4) is 0 Å². The standard InChI is InChI=1S/C20H19FN4O4S2/c21-17-11-14(5-6-16(17)18-12-24-20(22)13-23-18)15-3-1-2-4-19(15)31(28,29)25-7-9-30(26,27)10-8-25/h1-6,11-13H,7-10H2,(H2,22,24). The van der Waals surface area contributed by atoms with Gasteiger partial charge in [-0.3, -0.25) is 4.98 Å². The van der Waals surface area contributed by atoms with Crippen LogP contribution >= 0.6 is 0 Å². The SMILES string of the molecule is Nc1cnc(-c2ccc(-c3ccccc3S(=O)(=O)N3CCS(=O)(=O)CC3)cc2F)cn1. The van der Waals surface area contributed by atoms with Crippen LogP contribution in [0.1, 0.15) is 0 Å². The van der Waals surface area contributed by atoms with E-state index in [9.17, 15) is 21.2 Å². The number of anilines is 1. The molecular formula is C20H19FN4O4S2. The molecule has 1 fully saturated rings. The lowest BCUT2D eigenvalue weighted by atomic mass is 10.0. The second-order valence-electron chi connectivity index (χ2n) is 7.07. The number of nitrogens with zero attached hydrogens (tertiary/aromatic N) is 3. The molecule has 2 heterocycles. The van der Waals surface area contributed by atoms with Crippen molar-refractivity contribution in [1.82, 2.24) is 14.3 Å². The first kappa shape index (κ1) is 21.3. The lowest BCUT2D eigenvalue weighted by Crippen LogP contribution is -2.43. The summed E-state index contributed by atoms with van der Waals surface area (Å²) >= 11 is 0. The molecule has 2 aromatic carbocycles. The van der Waals surface area contributed by atoms with Crippen molar-refractivity contribution in [1.29, 1.82) is 0 Å². The zero-order valence-corrected chi connectivity index (χ0v) is 17.9. The van der Waals surface area contributed by atoms with Gasteiger partial charge in [-0.1, -0.05) is 24.3 Å². The van der Waals surface area contributed by atoms with Gasteiger partial charge in [-0.15, -0.1) is 0 Å². The molecule has 162 valence electrons. The first-order valence-corrected chi connectivity index (χ1v) is 12.6. The van der Waals surface area contributed by atoms with Gasteiger partial charge in [0.15, 0.2) is 9.84 Å². The number of benzene rings is 2. The highest BCUT2D eigenvalue weighted by atomic mass is 32.2. The van der Waals surface area contributed by atoms with Crippen molar-refractivity contribution in [2.45, 2.75) is 4.90 Å². The third-order valence-corrected chi connectivity index (χ3v) is 8.60. The Morgan fingerprint density at radius 1 is 0.968 bits per heavy atom. The summed E-state index contributed by atoms with van der Waals surface area (Å²) in [6.45, 7) is -0.218. The van der Waals surface area contributed by atoms with Gasteiger partial charge < -0.3 is 5.73 Å². The Hall–Kier alpha value is -2.89. The Labute approximate surface area is 179 Å². The predicted molar refractivity (Wildman–Crippen MR) is 115 cm³/mol. The van der Waals surface area contributed by atoms with E-state index >= 15 is 0 Å². The number of hydrogen-bond donors (Lipinski definition) is 1. The second kappa shape index (κ2) is 7.98. The normalized spacial score (nSPS) is 16.8. The minimum Gasteiger partial charge on any atom is -0.382 e. The van der Waals surface area contributed by atoms with Gasteiger partial charge in [0.1, 0.15) is 11.6 Å². The zero-order valence-electron chi connectivity index (χ0n) is 16.3. The summed E-state index contributed by atoms with van der Waals surface area (Å²) in [4.78, 5) is 7.96. The molecule has 1 aromatic heterocycles. The molecule has 1 aliphatic rings. The summed E-state index contributed by atoms with van der Waals surface area (Å²) in [5, 5.41) is 0. The van der Waals surface area contributed by atoms with Crippen LogP contribution in [0.2, 0.25) is 0 Å². The fourth-order valence-corrected chi connectivity index (χ4v) is 6.46. The van der Waals surface area contributed by atoms with E-state index in [1.807, 2.05) is 0 Å². The van der Waals surface area contributed by atoms with Gasteiger partial charge in [0.2, 0.25) is 10.0 Å². The molecule has 0 radical (unpaired) electrons. The predicted octanol–water partition coefficient (Wildman–Crippen LogP) is 1.95. The Kier molecular flexibility index (Phi) is 5.50. The van der Waals surface area contributed by atoms with Crippen LogP contribution in [0, 0.1) is 5.82 Å². The van der Waals surface area contributed by atoms with E-state index in [1.54, 1.807) is 24.3 Å². The Morgan fingerprint density at radius 2 is 1.68 bits per heavy atom. The highest BCUT2D eigenvalue weighted by Gasteiger charge is 2.32. The average Bonchev–Trinajstić information content (AvgIpc) is 2.74. The van der Waals surface area contributed by atoms with Crippen molar-refractivity contribution in [3.63, 3.8) is 0 Å². The lowest BCUT2D eigenvalue weighted by Gasteiger charge is -2.27. The van der Waals surface area contributed by atoms with Crippen molar-refractivity contribution in [3.05, 3.63) is 60.7 Å². The quantitative estimate of drug-likeness (QED) is 0.628. The molecule has 1 saturated heterocycles. The molecule has 31 heavy (non-hydrogen) atoms. The van der Waals surface area contributed by atoms with E-state index in [1.165, 1.54) is 30.6 Å². The molecule has 0 atom stereocenters. The van der Waals surface area contributed by atoms with Gasteiger partial charge >= 0.3 is 0 Å². The number of nitrogen functional groups attached to an aromatic ring is 1. The molecule has 3 aromatic rings. The van der Waals surface area contributed by atoms with Crippen molar-refractivity contribution in [3.8, 4) is 22.4 Å². The number of rotatable bonds is 4. The van der Waals surface area contributed by atoms with Crippen LogP contribution in [0.15, 0.2) is 59.8 Å². The third kappa shape index (κ3) is 4.29. The average molecular weight is 463 g/mol. The summed E-state index contributed by atoms with van der Waals surface area (Å²) in [5.74, 6) is -0.820. The number of hydrogen-bond acceptors (Lipinski definition) is 7. The van der Waals surface area contributed by atoms with Gasteiger partial charge in [0.25, 0.3) is 0 Å². The maximum Gasteiger partial charge on any atom is 0.243 e. The molecule has 0 saturated carbocycles. The Morgan fingerprint density at radius 3 is 2.32 bits per heavy atom. The smallest absolute Gasteiger partial charge is 0.243 e. The molecule has 4 rings (SSSR count). The molecule has 0 amide bonds. The molecule has 2 N–H and O–H groups in total. The first-order valence-electron chi connectivity index (χ1n) is 9.35. The van der Waals surface area contributed by atoms with Crippen LogP contribution in [-0.2, 0) is 19.9 Å². The summed E-state index contributed by atoms with van der Waals surface area (Å²) in [6.07, 6.45) is 2.68. The fraction of sp³-hybridized carbons (Fsp3) is 0.200. The summed E-state index contributed by atoms with van der Waals surface area (Å²) < 4.78 is 65.8. The lowest BCUT2D eigenvalue weighted by molar-refractivity contribution is 0.431. The number of halogens is 1. The first-order chi connectivity index (χ1) is 14.7. The minimum atomic E-state index is -3.96. The van der Waals surface area contributed by atoms with Gasteiger partial charge in [0, 0.05) is 24.2 Å². The molecule has 1 aliphatic heterocycles. The topological polar surface area (TPSA) is 123 Å². The van der Waals surface area contributed by atoms with E-state index in [0.717, 1.165) is 4.31 Å². The van der Waals surface area contributed by atoms with Gasteiger partial charge in [0.05, 0.1) is 34.5 Å². The second-order valence-corrected chi connectivity index (χ2v) is 11.3. The van der Waals surface area contributed by atoms with Crippen LogP contribution in [0.4, 0.5) is 10.2 Å². The highest BCUT2D eigenvalue weighted by molar-refractivity contribution is 7.92. The summed E-state index contributed by atoms with van der Waals surface area (Å²) in [6, 6.07) is 10.6. The fourth-order valence-electron chi connectivity index (χ4n) is 3.37. The maximum absolute atomic E-state index is 14.9. The van der Waals surface area contributed by atoms with Crippen molar-refractivity contribution >= 4 is 25.7 Å². The van der Waals surface area contributed by atoms with Crippen molar-refractivity contribution < 1.29 is 21.2 Å². The van der Waals surface area contributed by atoms with Crippen LogP contribution in [0.5, 0.6) is 0 Å². The molecule has 11 heteroatoms. The van der Waals surface area contributed by atoms with E-state index in [0.29, 0.717) is 16.8 Å². The van der Waals surface area contributed by atoms with E-state index < -0.39 is 25.7 Å². The molecule has 0 unspecified atom stereocenters. The van der Waals surface area contributed by atoms with Gasteiger partial charge in [-0.2, -0.15) is 4.31 Å². The molecule has 0 bridgehead atoms. The van der Waals surface area contributed by atoms with Crippen molar-refractivity contribution in [2.24, 2.45) is 0 Å². The summed E-state index contributed by atoms with van der Waals surface area (Å²) in [7, 11) is -7.20. The number of sulfonamides is 1. The zero-order chi connectivity index (χ0) is 22.2. The third-order valence-electron chi connectivity index (χ3n) is 5.04. The van der Waals surface area contributed by atoms with E-state index in [2.05, 4.69) is 9.97 Å². The van der Waals surface area contributed by atoms with Crippen LogP contribution in [-0.4, -0.2) is 55.7 Å². The number of sulfone groups is 1. The van der Waals surface area contributed by atoms with Gasteiger partial charge in [-0.05, 0) is 23.8 Å². The number of nitrogens with two attached hydrogens (primary N) is 1. The highest BCUT2D eigenvalue weighted by Crippen LogP contribution is 2.32.